The Morgan fingerprint density at radius 3 is 2.83 bits per heavy atom. The van der Waals surface area contributed by atoms with Crippen LogP contribution >= 0.6 is 11.3 Å². The van der Waals surface area contributed by atoms with Crippen LogP contribution < -0.4 is 10.6 Å². The smallest absolute Gasteiger partial charge is 0.234 e. The number of carbonyl (C=O) groups is 1. The molecule has 0 bridgehead atoms. The second kappa shape index (κ2) is 7.14. The fourth-order valence-electron chi connectivity index (χ4n) is 1.76. The van der Waals surface area contributed by atoms with Gasteiger partial charge in [0.15, 0.2) is 0 Å². The molecule has 0 spiro atoms. The molecule has 18 heavy (non-hydrogen) atoms. The van der Waals surface area contributed by atoms with Crippen molar-refractivity contribution in [2.45, 2.75) is 33.2 Å². The monoisotopic (exact) mass is 265 g/mol. The van der Waals surface area contributed by atoms with Gasteiger partial charge in [0.2, 0.25) is 5.91 Å². The predicted molar refractivity (Wildman–Crippen MR) is 73.5 cm³/mol. The van der Waals surface area contributed by atoms with Gasteiger partial charge in [0.1, 0.15) is 0 Å². The fraction of sp³-hybridized carbons (Fsp3) is 0.538. The largest absolute Gasteiger partial charge is 0.354 e. The number of amides is 1. The quantitative estimate of drug-likeness (QED) is 0.774. The van der Waals surface area contributed by atoms with Crippen LogP contribution in [0, 0.1) is 25.2 Å². The number of nitrogens with one attached hydrogen (secondary N) is 2. The van der Waals surface area contributed by atoms with Crippen molar-refractivity contribution in [1.82, 2.24) is 10.6 Å². The van der Waals surface area contributed by atoms with Crippen molar-refractivity contribution in [1.29, 1.82) is 5.26 Å². The topological polar surface area (TPSA) is 64.9 Å². The molecule has 0 aromatic carbocycles. The summed E-state index contributed by atoms with van der Waals surface area (Å²) < 4.78 is 0. The maximum atomic E-state index is 11.5. The van der Waals surface area contributed by atoms with Gasteiger partial charge < -0.3 is 10.6 Å². The molecule has 1 rings (SSSR count). The van der Waals surface area contributed by atoms with E-state index in [9.17, 15) is 4.79 Å². The predicted octanol–water partition coefficient (Wildman–Crippen LogP) is 2.05. The second-order valence-electron chi connectivity index (χ2n) is 4.23. The standard InChI is InChI=1S/C13H19N3OS/c1-9-7-12(11(3)18-9)10(2)16-8-13(17)15-6-4-5-14/h7,10,16H,4,6,8H2,1-3H3,(H,15,17). The van der Waals surface area contributed by atoms with Crippen molar-refractivity contribution in [3.05, 3.63) is 21.4 Å². The van der Waals surface area contributed by atoms with Gasteiger partial charge in [-0.2, -0.15) is 5.26 Å². The van der Waals surface area contributed by atoms with Crippen LogP contribution in [0.5, 0.6) is 0 Å². The number of rotatable bonds is 6. The van der Waals surface area contributed by atoms with Gasteiger partial charge in [0.25, 0.3) is 0 Å². The summed E-state index contributed by atoms with van der Waals surface area (Å²) in [6, 6.07) is 4.31. The van der Waals surface area contributed by atoms with E-state index >= 15 is 0 Å². The Balaban J connectivity index is 2.37. The SMILES string of the molecule is Cc1cc(C(C)NCC(=O)NCCC#N)c(C)s1. The van der Waals surface area contributed by atoms with Gasteiger partial charge in [-0.25, -0.2) is 0 Å². The molecule has 1 atom stereocenters. The van der Waals surface area contributed by atoms with Crippen LogP contribution in [0.15, 0.2) is 6.07 Å². The Morgan fingerprint density at radius 1 is 1.56 bits per heavy atom. The Labute approximate surface area is 112 Å². The van der Waals surface area contributed by atoms with E-state index in [1.165, 1.54) is 15.3 Å². The zero-order valence-electron chi connectivity index (χ0n) is 11.0. The summed E-state index contributed by atoms with van der Waals surface area (Å²) in [4.78, 5) is 14.0. The number of hydrogen-bond acceptors (Lipinski definition) is 4. The van der Waals surface area contributed by atoms with Gasteiger partial charge in [0.05, 0.1) is 19.0 Å². The van der Waals surface area contributed by atoms with Crippen LogP contribution in [0.25, 0.3) is 0 Å². The van der Waals surface area contributed by atoms with Crippen LogP contribution in [0.1, 0.15) is 34.7 Å². The van der Waals surface area contributed by atoms with Crippen molar-refractivity contribution in [2.75, 3.05) is 13.1 Å². The Kier molecular flexibility index (Phi) is 5.83. The van der Waals surface area contributed by atoms with Crippen LogP contribution in [0.4, 0.5) is 0 Å². The van der Waals surface area contributed by atoms with E-state index in [4.69, 9.17) is 5.26 Å². The lowest BCUT2D eigenvalue weighted by Gasteiger charge is -2.13. The molecule has 1 amide bonds. The maximum absolute atomic E-state index is 11.5. The molecular formula is C13H19N3OS. The van der Waals surface area contributed by atoms with Crippen molar-refractivity contribution in [2.24, 2.45) is 0 Å². The Bertz CT molecular complexity index is 448. The minimum Gasteiger partial charge on any atom is -0.354 e. The van der Waals surface area contributed by atoms with Gasteiger partial charge in [0, 0.05) is 22.3 Å². The first-order valence-electron chi connectivity index (χ1n) is 5.98. The normalized spacial score (nSPS) is 11.9. The summed E-state index contributed by atoms with van der Waals surface area (Å²) in [5.41, 5.74) is 1.25. The molecular weight excluding hydrogens is 246 g/mol. The number of hydrogen-bond donors (Lipinski definition) is 2. The number of nitriles is 1. The molecule has 0 radical (unpaired) electrons. The molecule has 5 heteroatoms. The van der Waals surface area contributed by atoms with Gasteiger partial charge in [-0.3, -0.25) is 4.79 Å². The summed E-state index contributed by atoms with van der Waals surface area (Å²) in [5.74, 6) is -0.0679. The first-order valence-corrected chi connectivity index (χ1v) is 6.80. The van der Waals surface area contributed by atoms with E-state index < -0.39 is 0 Å². The third-order valence-electron chi connectivity index (χ3n) is 2.67. The van der Waals surface area contributed by atoms with Crippen LogP contribution in [0.3, 0.4) is 0 Å². The lowest BCUT2D eigenvalue weighted by atomic mass is 10.1. The molecule has 98 valence electrons. The van der Waals surface area contributed by atoms with Gasteiger partial charge >= 0.3 is 0 Å². The van der Waals surface area contributed by atoms with Gasteiger partial charge in [-0.1, -0.05) is 0 Å². The van der Waals surface area contributed by atoms with Crippen LogP contribution in [0.2, 0.25) is 0 Å². The molecule has 1 aromatic heterocycles. The first-order chi connectivity index (χ1) is 8.54. The lowest BCUT2D eigenvalue weighted by molar-refractivity contribution is -0.120. The van der Waals surface area contributed by atoms with Crippen LogP contribution in [-0.2, 0) is 4.79 Å². The van der Waals surface area contributed by atoms with Crippen molar-refractivity contribution in [3.63, 3.8) is 0 Å². The summed E-state index contributed by atoms with van der Waals surface area (Å²) in [6.07, 6.45) is 0.351. The molecule has 1 heterocycles. The lowest BCUT2D eigenvalue weighted by Crippen LogP contribution is -2.35. The number of carbonyl (C=O) groups excluding carboxylic acids is 1. The molecule has 1 aromatic rings. The highest BCUT2D eigenvalue weighted by Crippen LogP contribution is 2.25. The highest BCUT2D eigenvalue weighted by Gasteiger charge is 2.11. The maximum Gasteiger partial charge on any atom is 0.234 e. The highest BCUT2D eigenvalue weighted by molar-refractivity contribution is 7.12. The molecule has 2 N–H and O–H groups in total. The van der Waals surface area contributed by atoms with Crippen molar-refractivity contribution in [3.8, 4) is 6.07 Å². The van der Waals surface area contributed by atoms with Gasteiger partial charge in [-0.05, 0) is 32.4 Å². The molecule has 0 aliphatic carbocycles. The molecule has 0 aliphatic rings. The van der Waals surface area contributed by atoms with Gasteiger partial charge in [-0.15, -0.1) is 11.3 Å². The molecule has 0 aliphatic heterocycles. The van der Waals surface area contributed by atoms with E-state index in [1.54, 1.807) is 11.3 Å². The minimum atomic E-state index is -0.0679. The number of thiophene rings is 1. The van der Waals surface area contributed by atoms with Crippen molar-refractivity contribution >= 4 is 17.2 Å². The second-order valence-corrected chi connectivity index (χ2v) is 5.69. The molecule has 4 nitrogen and oxygen atoms in total. The van der Waals surface area contributed by atoms with E-state index in [0.717, 1.165) is 0 Å². The van der Waals surface area contributed by atoms with Crippen molar-refractivity contribution < 1.29 is 4.79 Å². The first kappa shape index (κ1) is 14.7. The highest BCUT2D eigenvalue weighted by atomic mass is 32.1. The molecule has 1 unspecified atom stereocenters. The van der Waals surface area contributed by atoms with E-state index in [-0.39, 0.29) is 18.5 Å². The zero-order chi connectivity index (χ0) is 13.5. The Hall–Kier alpha value is -1.38. The summed E-state index contributed by atoms with van der Waals surface area (Å²) in [7, 11) is 0. The molecule has 0 saturated carbocycles. The molecule has 0 fully saturated rings. The summed E-state index contributed by atoms with van der Waals surface area (Å²) >= 11 is 1.77. The summed E-state index contributed by atoms with van der Waals surface area (Å²) in [6.45, 7) is 6.93. The van der Waals surface area contributed by atoms with Crippen LogP contribution in [-0.4, -0.2) is 19.0 Å². The summed E-state index contributed by atoms with van der Waals surface area (Å²) in [5, 5.41) is 14.2. The third kappa shape index (κ3) is 4.47. The van der Waals surface area contributed by atoms with E-state index in [2.05, 4.69) is 37.5 Å². The fourth-order valence-corrected chi connectivity index (χ4v) is 2.78. The van der Waals surface area contributed by atoms with E-state index in [0.29, 0.717) is 13.0 Å². The zero-order valence-corrected chi connectivity index (χ0v) is 11.9. The Morgan fingerprint density at radius 2 is 2.28 bits per heavy atom. The van der Waals surface area contributed by atoms with E-state index in [1.807, 2.05) is 6.07 Å². The average molecular weight is 265 g/mol. The third-order valence-corrected chi connectivity index (χ3v) is 3.66. The average Bonchev–Trinajstić information content (AvgIpc) is 2.66. The number of aryl methyl sites for hydroxylation is 2. The minimum absolute atomic E-state index is 0.0679. The molecule has 0 saturated heterocycles. The number of nitrogens with zero attached hydrogens (tertiary/aromatic N) is 1.